The summed E-state index contributed by atoms with van der Waals surface area (Å²) < 4.78 is 50.1. The van der Waals surface area contributed by atoms with Crippen molar-refractivity contribution in [1.29, 1.82) is 0 Å². The zero-order valence-electron chi connectivity index (χ0n) is 24.6. The fourth-order valence-electron chi connectivity index (χ4n) is 8.17. The predicted molar refractivity (Wildman–Crippen MR) is 169 cm³/mol. The molecule has 2 aromatic rings. The average Bonchev–Trinajstić information content (AvgIpc) is 3.10. The number of benzene rings is 2. The van der Waals surface area contributed by atoms with Crippen molar-refractivity contribution in [2.45, 2.75) is 73.5 Å². The largest absolute Gasteiger partial charge is 0.377 e. The Balaban J connectivity index is 1.32. The smallest absolute Gasteiger partial charge is 0.264 e. The molecule has 1 fully saturated rings. The second kappa shape index (κ2) is 11.1. The van der Waals surface area contributed by atoms with Gasteiger partial charge in [-0.1, -0.05) is 23.7 Å². The summed E-state index contributed by atoms with van der Waals surface area (Å²) >= 11 is 7.97. The molecule has 3 aliphatic carbocycles. The first-order valence-corrected chi connectivity index (χ1v) is 18.3. The fraction of sp³-hybridized carbons (Fsp3) is 0.545. The summed E-state index contributed by atoms with van der Waals surface area (Å²) in [6.45, 7) is 3.16. The number of allylic oxidation sites excluding steroid dienone is 1. The van der Waals surface area contributed by atoms with Crippen molar-refractivity contribution in [2.24, 2.45) is 17.8 Å². The van der Waals surface area contributed by atoms with E-state index in [9.17, 15) is 13.2 Å². The van der Waals surface area contributed by atoms with Crippen LogP contribution in [0.1, 0.15) is 66.9 Å². The molecule has 1 spiro atoms. The number of fused-ring (bicyclic) bond motifs is 6. The van der Waals surface area contributed by atoms with Crippen LogP contribution in [0.3, 0.4) is 0 Å². The van der Waals surface area contributed by atoms with Crippen molar-refractivity contribution >= 4 is 45.0 Å². The van der Waals surface area contributed by atoms with Crippen LogP contribution in [-0.2, 0) is 26.6 Å². The van der Waals surface area contributed by atoms with Crippen LogP contribution in [0.25, 0.3) is 0 Å². The lowest BCUT2D eigenvalue weighted by atomic mass is 9.65. The zero-order chi connectivity index (χ0) is 30.1. The van der Waals surface area contributed by atoms with Crippen LogP contribution in [0.15, 0.2) is 46.9 Å². The number of thioether (sulfide) groups is 1. The average molecular weight is 645 g/mol. The molecule has 10 heteroatoms. The van der Waals surface area contributed by atoms with Gasteiger partial charge in [-0.3, -0.25) is 4.79 Å². The molecule has 43 heavy (non-hydrogen) atoms. The quantitative estimate of drug-likeness (QED) is 0.357. The summed E-state index contributed by atoms with van der Waals surface area (Å²) in [7, 11) is -2.07. The molecule has 2 aromatic carbocycles. The Morgan fingerprint density at radius 3 is 2.77 bits per heavy atom. The number of carbonyl (C=O) groups excluding carboxylic acids is 1. The minimum atomic E-state index is -3.85. The Bertz CT molecular complexity index is 1610. The van der Waals surface area contributed by atoms with Gasteiger partial charge in [0.25, 0.3) is 5.91 Å². The first kappa shape index (κ1) is 29.6. The van der Waals surface area contributed by atoms with E-state index in [2.05, 4.69) is 15.7 Å². The molecule has 3 aliphatic heterocycles. The molecule has 0 unspecified atom stereocenters. The van der Waals surface area contributed by atoms with E-state index in [4.69, 9.17) is 16.3 Å². The number of nitrogens with zero attached hydrogens (tertiary/aromatic N) is 1. The third-order valence-electron chi connectivity index (χ3n) is 10.7. The summed E-state index contributed by atoms with van der Waals surface area (Å²) in [6, 6.07) is 9.24. The van der Waals surface area contributed by atoms with Crippen molar-refractivity contribution in [3.05, 3.63) is 69.5 Å². The van der Waals surface area contributed by atoms with Gasteiger partial charge in [0, 0.05) is 41.8 Å². The van der Waals surface area contributed by atoms with Gasteiger partial charge in [0.2, 0.25) is 10.0 Å². The number of amides is 1. The van der Waals surface area contributed by atoms with E-state index in [0.29, 0.717) is 36.8 Å². The van der Waals surface area contributed by atoms with Crippen LogP contribution in [0.4, 0.5) is 10.1 Å². The lowest BCUT2D eigenvalue weighted by molar-refractivity contribution is 0.000438. The van der Waals surface area contributed by atoms with Crippen LogP contribution in [0.2, 0.25) is 5.02 Å². The molecule has 6 atom stereocenters. The third-order valence-corrected chi connectivity index (χ3v) is 14.1. The molecule has 230 valence electrons. The molecule has 1 saturated carbocycles. The second-order valence-electron chi connectivity index (χ2n) is 13.3. The fourth-order valence-corrected chi connectivity index (χ4v) is 10.7. The van der Waals surface area contributed by atoms with E-state index in [-0.39, 0.29) is 28.3 Å². The predicted octanol–water partition coefficient (Wildman–Crippen LogP) is 6.50. The van der Waals surface area contributed by atoms with Crippen LogP contribution in [0.5, 0.6) is 0 Å². The topological polar surface area (TPSA) is 75.7 Å². The van der Waals surface area contributed by atoms with Crippen LogP contribution >= 0.6 is 23.4 Å². The Labute approximate surface area is 262 Å². The van der Waals surface area contributed by atoms with E-state index in [1.165, 1.54) is 5.57 Å². The van der Waals surface area contributed by atoms with Crippen LogP contribution in [-0.4, -0.2) is 51.6 Å². The monoisotopic (exact) mass is 644 g/mol. The Morgan fingerprint density at radius 1 is 1.21 bits per heavy atom. The number of carbonyl (C=O) groups is 1. The van der Waals surface area contributed by atoms with E-state index in [1.807, 2.05) is 18.2 Å². The van der Waals surface area contributed by atoms with Gasteiger partial charge in [-0.05, 0) is 111 Å². The van der Waals surface area contributed by atoms with Gasteiger partial charge in [-0.15, -0.1) is 11.8 Å². The molecule has 1 N–H and O–H groups in total. The maximum Gasteiger partial charge on any atom is 0.264 e. The summed E-state index contributed by atoms with van der Waals surface area (Å²) in [6.07, 6.45) is 8.20. The summed E-state index contributed by atoms with van der Waals surface area (Å²) in [5.74, 6) is 0.827. The molecule has 0 aromatic heterocycles. The molecular weight excluding hydrogens is 607 g/mol. The molecule has 6 aliphatic rings. The third kappa shape index (κ3) is 5.12. The number of rotatable bonds is 1. The molecule has 0 saturated heterocycles. The van der Waals surface area contributed by atoms with E-state index in [0.717, 1.165) is 66.1 Å². The maximum absolute atomic E-state index is 15.3. The van der Waals surface area contributed by atoms with Crippen LogP contribution < -0.4 is 9.62 Å². The van der Waals surface area contributed by atoms with Gasteiger partial charge in [-0.25, -0.2) is 17.5 Å². The zero-order valence-corrected chi connectivity index (χ0v) is 27.0. The van der Waals surface area contributed by atoms with Crippen molar-refractivity contribution in [2.75, 3.05) is 30.9 Å². The standard InChI is InChI=1S/C33H38ClFN2O4S2/c1-19-12-20-13-23(14-20)31(41-2)24-7-5-22(24)16-37-17-33(11-3-4-25-26(33)8-9-27(34)30(25)35)18-42-29-10-6-21(15-28(29)37)32(38)36-43(19,39)40/h6,8-10,13,15,19-20,22,24,31H,3-5,7,11-12,14,16-18H2,1-2H3,(H,36,38)/t19-,20-,22+,24-,31+,33+/m1/s1. The van der Waals surface area contributed by atoms with Crippen molar-refractivity contribution < 1.29 is 22.3 Å². The van der Waals surface area contributed by atoms with Crippen LogP contribution in [0, 0.1) is 23.6 Å². The van der Waals surface area contributed by atoms with Gasteiger partial charge in [0.15, 0.2) is 0 Å². The van der Waals surface area contributed by atoms with Gasteiger partial charge < -0.3 is 9.64 Å². The number of ether oxygens (including phenoxy) is 1. The molecule has 1 amide bonds. The van der Waals surface area contributed by atoms with Crippen molar-refractivity contribution in [1.82, 2.24) is 4.72 Å². The highest BCUT2D eigenvalue weighted by atomic mass is 35.5. The Kier molecular flexibility index (Phi) is 7.63. The minimum absolute atomic E-state index is 0.0299. The van der Waals surface area contributed by atoms with E-state index < -0.39 is 21.2 Å². The maximum atomic E-state index is 15.3. The highest BCUT2D eigenvalue weighted by molar-refractivity contribution is 7.99. The number of hydrogen-bond acceptors (Lipinski definition) is 6. The number of nitrogens with one attached hydrogen (secondary N) is 1. The minimum Gasteiger partial charge on any atom is -0.377 e. The van der Waals surface area contributed by atoms with Gasteiger partial charge in [0.1, 0.15) is 5.82 Å². The molecule has 0 radical (unpaired) electrons. The number of hydrogen-bond donors (Lipinski definition) is 1. The SMILES string of the molecule is CO[C@H]1C2=C[C@H](C2)C[C@@H](C)S(=O)(=O)NC(=O)c2ccc3c(c2)N(C[C@@H]2CC[C@H]21)C[C@@]1(CCCc2c1ccc(Cl)c2F)CS3. The first-order chi connectivity index (χ1) is 20.6. The highest BCUT2D eigenvalue weighted by Gasteiger charge is 2.46. The van der Waals surface area contributed by atoms with Crippen molar-refractivity contribution in [3.63, 3.8) is 0 Å². The Hall–Kier alpha value is -2.07. The van der Waals surface area contributed by atoms with Gasteiger partial charge >= 0.3 is 0 Å². The Morgan fingerprint density at radius 2 is 2.02 bits per heavy atom. The van der Waals surface area contributed by atoms with E-state index >= 15 is 4.39 Å². The number of methoxy groups -OCH3 is 1. The molecule has 6 nitrogen and oxygen atoms in total. The number of halogens is 2. The van der Waals surface area contributed by atoms with Crippen molar-refractivity contribution in [3.8, 4) is 0 Å². The summed E-state index contributed by atoms with van der Waals surface area (Å²) in [5.41, 5.74) is 4.02. The normalized spacial score (nSPS) is 33.2. The highest BCUT2D eigenvalue weighted by Crippen LogP contribution is 2.51. The van der Waals surface area contributed by atoms with Gasteiger partial charge in [0.05, 0.1) is 22.1 Å². The lowest BCUT2D eigenvalue weighted by Crippen LogP contribution is -2.50. The number of anilines is 1. The summed E-state index contributed by atoms with van der Waals surface area (Å²) in [4.78, 5) is 16.8. The molecular formula is C33H38ClFN2O4S2. The molecule has 4 bridgehead atoms. The first-order valence-electron chi connectivity index (χ1n) is 15.4. The second-order valence-corrected chi connectivity index (χ2v) is 16.8. The molecule has 3 heterocycles. The summed E-state index contributed by atoms with van der Waals surface area (Å²) in [5, 5.41) is -0.529. The molecule has 8 rings (SSSR count). The van der Waals surface area contributed by atoms with E-state index in [1.54, 1.807) is 37.9 Å². The number of sulfonamides is 1. The lowest BCUT2D eigenvalue weighted by Gasteiger charge is -2.48. The van der Waals surface area contributed by atoms with Gasteiger partial charge in [-0.2, -0.15) is 0 Å².